The molecule has 0 saturated heterocycles. The molecule has 2 aromatic rings. The topological polar surface area (TPSA) is 58.4 Å². The molecule has 1 heterocycles. The number of rotatable bonds is 5. The number of hydrogen-bond acceptors (Lipinski definition) is 3. The van der Waals surface area contributed by atoms with E-state index in [1.54, 1.807) is 10.9 Å². The number of hydrogen-bond donors (Lipinski definition) is 1. The van der Waals surface area contributed by atoms with Gasteiger partial charge in [-0.25, -0.2) is 4.68 Å². The van der Waals surface area contributed by atoms with E-state index in [-0.39, 0.29) is 0 Å². The number of para-hydroxylation sites is 1. The van der Waals surface area contributed by atoms with Crippen molar-refractivity contribution in [2.75, 3.05) is 13.6 Å². The van der Waals surface area contributed by atoms with Crippen molar-refractivity contribution in [1.29, 1.82) is 0 Å². The summed E-state index contributed by atoms with van der Waals surface area (Å²) in [6, 6.07) is 9.31. The molecule has 0 fully saturated rings. The summed E-state index contributed by atoms with van der Waals surface area (Å²) in [5.41, 5.74) is 1.46. The largest absolute Gasteiger partial charge is 0.416 e. The van der Waals surface area contributed by atoms with Crippen molar-refractivity contribution >= 4 is 12.0 Å². The van der Waals surface area contributed by atoms with Crippen LogP contribution in [-0.4, -0.2) is 51.6 Å². The van der Waals surface area contributed by atoms with Gasteiger partial charge in [0.05, 0.1) is 18.4 Å². The fraction of sp³-hybridized carbons (Fsp3) is 0.250. The highest BCUT2D eigenvalue weighted by Gasteiger charge is 2.39. The molecule has 1 unspecified atom stereocenters. The van der Waals surface area contributed by atoms with Gasteiger partial charge in [0.25, 0.3) is 0 Å². The van der Waals surface area contributed by atoms with Crippen LogP contribution in [0.2, 0.25) is 0 Å². The molecule has 0 aliphatic heterocycles. The number of amides is 1. The molecule has 0 radical (unpaired) electrons. The minimum atomic E-state index is -4.75. The molecule has 1 aromatic heterocycles. The highest BCUT2D eigenvalue weighted by atomic mass is 19.4. The molecule has 0 aliphatic rings. The van der Waals surface area contributed by atoms with Crippen LogP contribution in [-0.2, 0) is 4.79 Å². The van der Waals surface area contributed by atoms with Gasteiger partial charge in [0, 0.05) is 24.9 Å². The first kappa shape index (κ1) is 17.7. The Morgan fingerprint density at radius 1 is 1.38 bits per heavy atom. The number of aromatic nitrogens is 2. The van der Waals surface area contributed by atoms with Crippen LogP contribution in [0.15, 0.2) is 48.8 Å². The van der Waals surface area contributed by atoms with E-state index in [4.69, 9.17) is 5.11 Å². The SMILES string of the molecule is CN(CC(O)C(F)(F)F)C(=O)/C=C/c1cnn(-c2ccccc2)c1. The molecule has 0 spiro atoms. The lowest BCUT2D eigenvalue weighted by Crippen LogP contribution is -2.41. The molecule has 0 aliphatic carbocycles. The molecule has 1 amide bonds. The third-order valence-electron chi connectivity index (χ3n) is 3.24. The molecule has 0 bridgehead atoms. The predicted molar refractivity (Wildman–Crippen MR) is 82.3 cm³/mol. The molecule has 1 N–H and O–H groups in total. The van der Waals surface area contributed by atoms with Crippen LogP contribution < -0.4 is 0 Å². The monoisotopic (exact) mass is 339 g/mol. The Morgan fingerprint density at radius 2 is 2.04 bits per heavy atom. The average Bonchev–Trinajstić information content (AvgIpc) is 3.01. The van der Waals surface area contributed by atoms with Gasteiger partial charge in [0.15, 0.2) is 6.10 Å². The van der Waals surface area contributed by atoms with Crippen LogP contribution in [0.25, 0.3) is 11.8 Å². The molecule has 1 aromatic carbocycles. The van der Waals surface area contributed by atoms with Crippen LogP contribution >= 0.6 is 0 Å². The molecule has 2 rings (SSSR count). The van der Waals surface area contributed by atoms with Crippen molar-refractivity contribution in [3.8, 4) is 5.69 Å². The van der Waals surface area contributed by atoms with Gasteiger partial charge < -0.3 is 10.0 Å². The maximum atomic E-state index is 12.3. The number of benzene rings is 1. The van der Waals surface area contributed by atoms with Crippen molar-refractivity contribution in [2.24, 2.45) is 0 Å². The minimum Gasteiger partial charge on any atom is -0.382 e. The maximum Gasteiger partial charge on any atom is 0.416 e. The van der Waals surface area contributed by atoms with Gasteiger partial charge in [0.2, 0.25) is 5.91 Å². The number of aliphatic hydroxyl groups is 1. The lowest BCUT2D eigenvalue weighted by atomic mass is 10.3. The molecule has 0 saturated carbocycles. The van der Waals surface area contributed by atoms with Crippen molar-refractivity contribution in [1.82, 2.24) is 14.7 Å². The summed E-state index contributed by atoms with van der Waals surface area (Å²) in [6.07, 6.45) is -1.53. The molecular formula is C16H16F3N3O2. The van der Waals surface area contributed by atoms with Crippen molar-refractivity contribution in [2.45, 2.75) is 12.3 Å². The van der Waals surface area contributed by atoms with E-state index in [1.165, 1.54) is 19.3 Å². The number of halogens is 3. The Hall–Kier alpha value is -2.61. The highest BCUT2D eigenvalue weighted by molar-refractivity contribution is 5.91. The van der Waals surface area contributed by atoms with Crippen molar-refractivity contribution in [3.05, 3.63) is 54.4 Å². The molecule has 8 heteroatoms. The van der Waals surface area contributed by atoms with E-state index >= 15 is 0 Å². The normalized spacial score (nSPS) is 13.2. The third-order valence-corrected chi connectivity index (χ3v) is 3.24. The van der Waals surface area contributed by atoms with Gasteiger partial charge in [-0.05, 0) is 18.2 Å². The van der Waals surface area contributed by atoms with Gasteiger partial charge >= 0.3 is 6.18 Å². The zero-order chi connectivity index (χ0) is 17.7. The first-order valence-electron chi connectivity index (χ1n) is 7.05. The Labute approximate surface area is 136 Å². The fourth-order valence-electron chi connectivity index (χ4n) is 1.89. The Kier molecular flexibility index (Phi) is 5.40. The first-order valence-corrected chi connectivity index (χ1v) is 7.05. The van der Waals surface area contributed by atoms with E-state index in [1.807, 2.05) is 30.3 Å². The number of alkyl halides is 3. The lowest BCUT2D eigenvalue weighted by molar-refractivity contribution is -0.207. The van der Waals surface area contributed by atoms with Gasteiger partial charge in [0.1, 0.15) is 0 Å². The second kappa shape index (κ2) is 7.31. The van der Waals surface area contributed by atoms with Crippen LogP contribution in [0.3, 0.4) is 0 Å². The number of carbonyl (C=O) groups is 1. The zero-order valence-electron chi connectivity index (χ0n) is 12.8. The summed E-state index contributed by atoms with van der Waals surface area (Å²) >= 11 is 0. The summed E-state index contributed by atoms with van der Waals surface area (Å²) < 4.78 is 38.4. The van der Waals surface area contributed by atoms with E-state index < -0.39 is 24.7 Å². The molecule has 1 atom stereocenters. The number of likely N-dealkylation sites (N-methyl/N-ethyl adjacent to an activating group) is 1. The van der Waals surface area contributed by atoms with E-state index in [9.17, 15) is 18.0 Å². The van der Waals surface area contributed by atoms with Gasteiger partial charge in [-0.3, -0.25) is 4.79 Å². The second-order valence-electron chi connectivity index (χ2n) is 5.16. The first-order chi connectivity index (χ1) is 11.3. The zero-order valence-corrected chi connectivity index (χ0v) is 12.8. The summed E-state index contributed by atoms with van der Waals surface area (Å²) in [5.74, 6) is -0.647. The molecule has 24 heavy (non-hydrogen) atoms. The lowest BCUT2D eigenvalue weighted by Gasteiger charge is -2.21. The predicted octanol–water partition coefficient (Wildman–Crippen LogP) is 2.27. The van der Waals surface area contributed by atoms with Crippen LogP contribution in [0, 0.1) is 0 Å². The smallest absolute Gasteiger partial charge is 0.382 e. The Bertz CT molecular complexity index is 711. The highest BCUT2D eigenvalue weighted by Crippen LogP contribution is 2.20. The summed E-state index contributed by atoms with van der Waals surface area (Å²) in [6.45, 7) is -0.823. The number of aliphatic hydroxyl groups excluding tert-OH is 1. The molecular weight excluding hydrogens is 323 g/mol. The van der Waals surface area contributed by atoms with Crippen molar-refractivity contribution < 1.29 is 23.1 Å². The Morgan fingerprint density at radius 3 is 2.67 bits per heavy atom. The maximum absolute atomic E-state index is 12.3. The number of nitrogens with zero attached hydrogens (tertiary/aromatic N) is 3. The standard InChI is InChI=1S/C16H16F3N3O2/c1-21(11-14(23)16(17,18)19)15(24)8-7-12-9-20-22(10-12)13-5-3-2-4-6-13/h2-10,14,23H,11H2,1H3/b8-7+. The van der Waals surface area contributed by atoms with E-state index in [0.29, 0.717) is 5.56 Å². The van der Waals surface area contributed by atoms with E-state index in [2.05, 4.69) is 5.10 Å². The summed E-state index contributed by atoms with van der Waals surface area (Å²) in [7, 11) is 1.19. The molecule has 128 valence electrons. The summed E-state index contributed by atoms with van der Waals surface area (Å²) in [5, 5.41) is 13.1. The average molecular weight is 339 g/mol. The van der Waals surface area contributed by atoms with Gasteiger partial charge in [-0.1, -0.05) is 18.2 Å². The van der Waals surface area contributed by atoms with Crippen LogP contribution in [0.4, 0.5) is 13.2 Å². The summed E-state index contributed by atoms with van der Waals surface area (Å²) in [4.78, 5) is 12.6. The van der Waals surface area contributed by atoms with Crippen molar-refractivity contribution in [3.63, 3.8) is 0 Å². The van der Waals surface area contributed by atoms with Crippen LogP contribution in [0.1, 0.15) is 5.56 Å². The van der Waals surface area contributed by atoms with E-state index in [0.717, 1.165) is 16.7 Å². The number of carbonyl (C=O) groups excluding carboxylic acids is 1. The van der Waals surface area contributed by atoms with Gasteiger partial charge in [-0.15, -0.1) is 0 Å². The van der Waals surface area contributed by atoms with Crippen LogP contribution in [0.5, 0.6) is 0 Å². The molecule has 5 nitrogen and oxygen atoms in total. The quantitative estimate of drug-likeness (QED) is 0.850. The third kappa shape index (κ3) is 4.69. The Balaban J connectivity index is 1.98. The minimum absolute atomic E-state index is 0.622. The fourth-order valence-corrected chi connectivity index (χ4v) is 1.89. The second-order valence-corrected chi connectivity index (χ2v) is 5.16. The van der Waals surface area contributed by atoms with Gasteiger partial charge in [-0.2, -0.15) is 18.3 Å².